The van der Waals surface area contributed by atoms with Crippen LogP contribution in [0.2, 0.25) is 0 Å². The lowest BCUT2D eigenvalue weighted by molar-refractivity contribution is -0.117. The van der Waals surface area contributed by atoms with E-state index in [1.165, 1.54) is 0 Å². The van der Waals surface area contributed by atoms with Crippen molar-refractivity contribution in [3.05, 3.63) is 59.9 Å². The number of aromatic nitrogens is 1. The van der Waals surface area contributed by atoms with Gasteiger partial charge in [-0.1, -0.05) is 30.3 Å². The fourth-order valence-corrected chi connectivity index (χ4v) is 1.57. The van der Waals surface area contributed by atoms with Gasteiger partial charge < -0.3 is 11.1 Å². The molecular weight excluding hydrogens is 226 g/mol. The Balaban J connectivity index is 2.06. The van der Waals surface area contributed by atoms with E-state index in [2.05, 4.69) is 10.3 Å². The zero-order chi connectivity index (χ0) is 13.0. The van der Waals surface area contributed by atoms with Gasteiger partial charge in [0.25, 0.3) is 0 Å². The molecule has 1 unspecified atom stereocenters. The van der Waals surface area contributed by atoms with Crippen molar-refractivity contribution in [3.8, 4) is 0 Å². The summed E-state index contributed by atoms with van der Waals surface area (Å²) in [4.78, 5) is 16.0. The van der Waals surface area contributed by atoms with Crippen molar-refractivity contribution in [3.63, 3.8) is 0 Å². The van der Waals surface area contributed by atoms with Gasteiger partial charge in [0.15, 0.2) is 0 Å². The third-order valence-corrected chi connectivity index (χ3v) is 2.62. The number of benzene rings is 1. The minimum Gasteiger partial charge on any atom is -0.323 e. The number of aryl methyl sites for hydroxylation is 1. The second-order valence-corrected chi connectivity index (χ2v) is 4.07. The van der Waals surface area contributed by atoms with E-state index in [9.17, 15) is 4.79 Å². The van der Waals surface area contributed by atoms with E-state index in [-0.39, 0.29) is 5.91 Å². The van der Waals surface area contributed by atoms with Gasteiger partial charge in [-0.3, -0.25) is 9.78 Å². The first-order valence-electron chi connectivity index (χ1n) is 5.71. The number of carbonyl (C=O) groups is 1. The molecule has 0 radical (unpaired) electrons. The van der Waals surface area contributed by atoms with Gasteiger partial charge >= 0.3 is 0 Å². The Hall–Kier alpha value is -2.20. The smallest absolute Gasteiger partial charge is 0.245 e. The van der Waals surface area contributed by atoms with E-state index in [0.717, 1.165) is 11.3 Å². The van der Waals surface area contributed by atoms with Gasteiger partial charge in [-0.25, -0.2) is 0 Å². The van der Waals surface area contributed by atoms with Crippen LogP contribution in [0, 0.1) is 6.92 Å². The largest absolute Gasteiger partial charge is 0.323 e. The van der Waals surface area contributed by atoms with Crippen molar-refractivity contribution < 1.29 is 4.79 Å². The first-order chi connectivity index (χ1) is 8.66. The van der Waals surface area contributed by atoms with Crippen LogP contribution >= 0.6 is 0 Å². The van der Waals surface area contributed by atoms with Crippen LogP contribution in [0.15, 0.2) is 48.7 Å². The summed E-state index contributed by atoms with van der Waals surface area (Å²) in [6, 6.07) is 12.2. The molecule has 0 saturated heterocycles. The topological polar surface area (TPSA) is 68.0 Å². The van der Waals surface area contributed by atoms with E-state index in [1.807, 2.05) is 43.3 Å². The van der Waals surface area contributed by atoms with E-state index < -0.39 is 6.04 Å². The van der Waals surface area contributed by atoms with Crippen LogP contribution in [0.25, 0.3) is 0 Å². The molecule has 92 valence electrons. The van der Waals surface area contributed by atoms with Crippen molar-refractivity contribution in [2.45, 2.75) is 13.0 Å². The Morgan fingerprint density at radius 1 is 1.22 bits per heavy atom. The highest BCUT2D eigenvalue weighted by atomic mass is 16.2. The highest BCUT2D eigenvalue weighted by Gasteiger charge is 2.15. The molecule has 2 rings (SSSR count). The number of nitrogens with two attached hydrogens (primary N) is 1. The Morgan fingerprint density at radius 2 is 1.94 bits per heavy atom. The lowest BCUT2D eigenvalue weighted by Crippen LogP contribution is -2.27. The highest BCUT2D eigenvalue weighted by molar-refractivity contribution is 5.95. The maximum absolute atomic E-state index is 11.9. The number of hydrogen-bond donors (Lipinski definition) is 2. The Kier molecular flexibility index (Phi) is 3.69. The average molecular weight is 241 g/mol. The first-order valence-corrected chi connectivity index (χ1v) is 5.71. The maximum Gasteiger partial charge on any atom is 0.245 e. The molecule has 3 N–H and O–H groups in total. The molecule has 0 aliphatic rings. The molecule has 1 heterocycles. The predicted molar refractivity (Wildman–Crippen MR) is 71.0 cm³/mol. The Labute approximate surface area is 106 Å². The van der Waals surface area contributed by atoms with Crippen molar-refractivity contribution >= 4 is 11.6 Å². The first kappa shape index (κ1) is 12.3. The van der Waals surface area contributed by atoms with Crippen molar-refractivity contribution in [1.82, 2.24) is 4.98 Å². The SMILES string of the molecule is Cc1ccc(NC(=O)C(N)c2ccccc2)cn1. The van der Waals surface area contributed by atoms with Crippen molar-refractivity contribution in [2.24, 2.45) is 5.73 Å². The molecule has 0 spiro atoms. The third-order valence-electron chi connectivity index (χ3n) is 2.62. The number of rotatable bonds is 3. The predicted octanol–water partition coefficient (Wildman–Crippen LogP) is 2.03. The van der Waals surface area contributed by atoms with Gasteiger partial charge in [0, 0.05) is 5.69 Å². The van der Waals surface area contributed by atoms with Crippen LogP contribution in [0.3, 0.4) is 0 Å². The van der Waals surface area contributed by atoms with Crippen LogP contribution in [0.5, 0.6) is 0 Å². The van der Waals surface area contributed by atoms with Gasteiger partial charge in [-0.15, -0.1) is 0 Å². The molecule has 4 nitrogen and oxygen atoms in total. The quantitative estimate of drug-likeness (QED) is 0.864. The summed E-state index contributed by atoms with van der Waals surface area (Å²) in [5.74, 6) is -0.244. The molecule has 4 heteroatoms. The van der Waals surface area contributed by atoms with E-state index in [4.69, 9.17) is 5.73 Å². The number of hydrogen-bond acceptors (Lipinski definition) is 3. The fourth-order valence-electron chi connectivity index (χ4n) is 1.57. The van der Waals surface area contributed by atoms with Crippen molar-refractivity contribution in [1.29, 1.82) is 0 Å². The second kappa shape index (κ2) is 5.42. The second-order valence-electron chi connectivity index (χ2n) is 4.07. The van der Waals surface area contributed by atoms with Crippen LogP contribution in [0.4, 0.5) is 5.69 Å². The molecule has 2 aromatic rings. The lowest BCUT2D eigenvalue weighted by atomic mass is 10.1. The molecule has 18 heavy (non-hydrogen) atoms. The van der Waals surface area contributed by atoms with Crippen LogP contribution in [0.1, 0.15) is 17.3 Å². The summed E-state index contributed by atoms with van der Waals surface area (Å²) in [6.07, 6.45) is 1.62. The number of nitrogens with zero attached hydrogens (tertiary/aromatic N) is 1. The molecule has 0 fully saturated rings. The molecule has 0 bridgehead atoms. The molecule has 1 aromatic heterocycles. The van der Waals surface area contributed by atoms with Crippen LogP contribution in [-0.4, -0.2) is 10.9 Å². The minimum absolute atomic E-state index is 0.244. The molecular formula is C14H15N3O. The molecule has 0 aliphatic carbocycles. The summed E-state index contributed by atoms with van der Waals surface area (Å²) in [7, 11) is 0. The zero-order valence-electron chi connectivity index (χ0n) is 10.1. The molecule has 1 amide bonds. The molecule has 1 atom stereocenters. The molecule has 0 saturated carbocycles. The summed E-state index contributed by atoms with van der Waals surface area (Å²) >= 11 is 0. The van der Waals surface area contributed by atoms with E-state index in [0.29, 0.717) is 5.69 Å². The van der Waals surface area contributed by atoms with Crippen molar-refractivity contribution in [2.75, 3.05) is 5.32 Å². The number of amides is 1. The number of nitrogens with one attached hydrogen (secondary N) is 1. The molecule has 0 aliphatic heterocycles. The van der Waals surface area contributed by atoms with Gasteiger partial charge in [0.05, 0.1) is 11.9 Å². The lowest BCUT2D eigenvalue weighted by Gasteiger charge is -2.12. The Bertz CT molecular complexity index is 522. The van der Waals surface area contributed by atoms with Gasteiger partial charge in [0.2, 0.25) is 5.91 Å². The molecule has 1 aromatic carbocycles. The van der Waals surface area contributed by atoms with Gasteiger partial charge in [0.1, 0.15) is 6.04 Å². The summed E-state index contributed by atoms with van der Waals surface area (Å²) in [5.41, 5.74) is 8.22. The van der Waals surface area contributed by atoms with Crippen LogP contribution < -0.4 is 11.1 Å². The highest BCUT2D eigenvalue weighted by Crippen LogP contribution is 2.13. The van der Waals surface area contributed by atoms with Crippen LogP contribution in [-0.2, 0) is 4.79 Å². The number of pyridine rings is 1. The monoisotopic (exact) mass is 241 g/mol. The number of anilines is 1. The normalized spacial score (nSPS) is 11.9. The van der Waals surface area contributed by atoms with Gasteiger partial charge in [-0.2, -0.15) is 0 Å². The average Bonchev–Trinajstić information content (AvgIpc) is 2.41. The zero-order valence-corrected chi connectivity index (χ0v) is 10.1. The summed E-state index contributed by atoms with van der Waals surface area (Å²) in [6.45, 7) is 1.89. The summed E-state index contributed by atoms with van der Waals surface area (Å²) < 4.78 is 0. The van der Waals surface area contributed by atoms with E-state index in [1.54, 1.807) is 12.3 Å². The Morgan fingerprint density at radius 3 is 2.56 bits per heavy atom. The fraction of sp³-hybridized carbons (Fsp3) is 0.143. The third kappa shape index (κ3) is 2.93. The summed E-state index contributed by atoms with van der Waals surface area (Å²) in [5, 5.41) is 2.74. The van der Waals surface area contributed by atoms with E-state index >= 15 is 0 Å². The standard InChI is InChI=1S/C14H15N3O/c1-10-7-8-12(9-16-10)17-14(18)13(15)11-5-3-2-4-6-11/h2-9,13H,15H2,1H3,(H,17,18). The minimum atomic E-state index is -0.674. The maximum atomic E-state index is 11.9. The van der Waals surface area contributed by atoms with Gasteiger partial charge in [-0.05, 0) is 24.6 Å². The number of carbonyl (C=O) groups excluding carboxylic acids is 1.